The van der Waals surface area contributed by atoms with Gasteiger partial charge in [-0.05, 0) is 33.6 Å². The van der Waals surface area contributed by atoms with E-state index >= 15 is 0 Å². The Bertz CT molecular complexity index is 244. The van der Waals surface area contributed by atoms with E-state index in [4.69, 9.17) is 0 Å². The minimum atomic E-state index is 0.311. The fraction of sp³-hybridized carbons (Fsp3) is 0.917. The largest absolute Gasteiger partial charge is 0.266 e. The van der Waals surface area contributed by atoms with Gasteiger partial charge in [-0.3, -0.25) is 9.48 Å². The van der Waals surface area contributed by atoms with Gasteiger partial charge in [-0.15, -0.1) is 0 Å². The molecule has 0 spiro atoms. The van der Waals surface area contributed by atoms with Crippen LogP contribution in [0, 0.1) is 0 Å². The van der Waals surface area contributed by atoms with Crippen molar-refractivity contribution >= 4 is 5.84 Å². The van der Waals surface area contributed by atoms with Crippen molar-refractivity contribution in [1.82, 2.24) is 4.90 Å². The van der Waals surface area contributed by atoms with Crippen LogP contribution in [0.15, 0.2) is 0 Å². The number of rotatable bonds is 0. The zero-order valence-corrected chi connectivity index (χ0v) is 9.84. The summed E-state index contributed by atoms with van der Waals surface area (Å²) in [6.07, 6.45) is 5.41. The Morgan fingerprint density at radius 2 is 1.79 bits per heavy atom. The van der Waals surface area contributed by atoms with E-state index in [0.717, 1.165) is 0 Å². The normalized spacial score (nSPS) is 23.8. The molecule has 0 unspecified atom stereocenters. The molecule has 0 bridgehead atoms. The molecule has 14 heavy (non-hydrogen) atoms. The van der Waals surface area contributed by atoms with Gasteiger partial charge in [-0.2, -0.15) is 0 Å². The zero-order valence-electron chi connectivity index (χ0n) is 9.84. The van der Waals surface area contributed by atoms with Gasteiger partial charge in [-0.25, -0.2) is 0 Å². The molecule has 0 saturated carbocycles. The van der Waals surface area contributed by atoms with Crippen LogP contribution < -0.4 is 0 Å². The van der Waals surface area contributed by atoms with E-state index < -0.39 is 0 Å². The maximum absolute atomic E-state index is 2.62. The standard InChI is InChI=1S/C12H23N2/c1-12(2,3)14-10-6-9-13-8-5-4-7-11(13)14/h4-10H2,1-3H3/q+1. The highest BCUT2D eigenvalue weighted by atomic mass is 15.3. The summed E-state index contributed by atoms with van der Waals surface area (Å²) in [4.78, 5) is 2.62. The molecule has 0 saturated heterocycles. The molecule has 2 nitrogen and oxygen atoms in total. The Kier molecular flexibility index (Phi) is 2.54. The molecule has 0 aromatic heterocycles. The second-order valence-electron chi connectivity index (χ2n) is 5.54. The number of hydrogen-bond acceptors (Lipinski definition) is 1. The summed E-state index contributed by atoms with van der Waals surface area (Å²) in [5.74, 6) is 1.62. The lowest BCUT2D eigenvalue weighted by atomic mass is 10.0. The Balaban J connectivity index is 2.25. The summed E-state index contributed by atoms with van der Waals surface area (Å²) in [6, 6.07) is 0. The van der Waals surface area contributed by atoms with Crippen molar-refractivity contribution in [2.24, 2.45) is 0 Å². The van der Waals surface area contributed by atoms with Crippen molar-refractivity contribution in [3.05, 3.63) is 0 Å². The van der Waals surface area contributed by atoms with Crippen LogP contribution in [0.2, 0.25) is 0 Å². The van der Waals surface area contributed by atoms with E-state index in [2.05, 4.69) is 30.2 Å². The third-order valence-corrected chi connectivity index (χ3v) is 3.37. The minimum absolute atomic E-state index is 0.311. The highest BCUT2D eigenvalue weighted by Crippen LogP contribution is 2.22. The summed E-state index contributed by atoms with van der Waals surface area (Å²) in [5, 5.41) is 0. The molecule has 80 valence electrons. The average Bonchev–Trinajstić information content (AvgIpc) is 2.15. The molecule has 2 heterocycles. The maximum Gasteiger partial charge on any atom is 0.247 e. The van der Waals surface area contributed by atoms with Gasteiger partial charge < -0.3 is 0 Å². The van der Waals surface area contributed by atoms with Gasteiger partial charge in [0.25, 0.3) is 0 Å². The monoisotopic (exact) mass is 195 g/mol. The van der Waals surface area contributed by atoms with Gasteiger partial charge >= 0.3 is 0 Å². The highest BCUT2D eigenvalue weighted by molar-refractivity contribution is 5.78. The molecule has 2 heteroatoms. The quantitative estimate of drug-likeness (QED) is 0.536. The molecule has 0 radical (unpaired) electrons. The van der Waals surface area contributed by atoms with Crippen molar-refractivity contribution < 1.29 is 4.58 Å². The van der Waals surface area contributed by atoms with Crippen molar-refractivity contribution in [3.8, 4) is 0 Å². The van der Waals surface area contributed by atoms with E-state index in [1.165, 1.54) is 45.3 Å². The second kappa shape index (κ2) is 3.56. The average molecular weight is 195 g/mol. The van der Waals surface area contributed by atoms with Crippen LogP contribution >= 0.6 is 0 Å². The van der Waals surface area contributed by atoms with E-state index in [1.807, 2.05) is 0 Å². The van der Waals surface area contributed by atoms with Crippen LogP contribution in [0.3, 0.4) is 0 Å². The fourth-order valence-corrected chi connectivity index (χ4v) is 2.69. The lowest BCUT2D eigenvalue weighted by Gasteiger charge is -2.37. The minimum Gasteiger partial charge on any atom is -0.266 e. The Hall–Kier alpha value is -0.530. The second-order valence-corrected chi connectivity index (χ2v) is 5.54. The Labute approximate surface area is 87.6 Å². The van der Waals surface area contributed by atoms with Crippen LogP contribution in [0.5, 0.6) is 0 Å². The van der Waals surface area contributed by atoms with E-state index in [1.54, 1.807) is 5.84 Å². The van der Waals surface area contributed by atoms with Gasteiger partial charge in [-0.1, -0.05) is 0 Å². The molecule has 2 aliphatic heterocycles. The van der Waals surface area contributed by atoms with E-state index in [0.29, 0.717) is 5.54 Å². The number of nitrogens with zero attached hydrogens (tertiary/aromatic N) is 2. The van der Waals surface area contributed by atoms with Crippen LogP contribution in [0.1, 0.15) is 46.5 Å². The van der Waals surface area contributed by atoms with Crippen LogP contribution in [0.4, 0.5) is 0 Å². The van der Waals surface area contributed by atoms with Gasteiger partial charge in [0.05, 0.1) is 25.2 Å². The third kappa shape index (κ3) is 1.79. The molecule has 0 aromatic carbocycles. The van der Waals surface area contributed by atoms with Crippen LogP contribution in [-0.2, 0) is 0 Å². The first-order valence-electron chi connectivity index (χ1n) is 5.97. The topological polar surface area (TPSA) is 6.25 Å². The molecule has 0 aromatic rings. The SMILES string of the molecule is CC(C)(C)N1CCC[N+]2=C1CCCC2. The van der Waals surface area contributed by atoms with Gasteiger partial charge in [0.1, 0.15) is 0 Å². The smallest absolute Gasteiger partial charge is 0.247 e. The molecule has 0 aliphatic carbocycles. The fourth-order valence-electron chi connectivity index (χ4n) is 2.69. The molecule has 2 aliphatic rings. The summed E-state index contributed by atoms with van der Waals surface area (Å²) < 4.78 is 2.61. The van der Waals surface area contributed by atoms with Gasteiger partial charge in [0, 0.05) is 12.8 Å². The molecule has 0 fully saturated rings. The summed E-state index contributed by atoms with van der Waals surface area (Å²) in [5.41, 5.74) is 0.311. The van der Waals surface area contributed by atoms with Crippen LogP contribution in [0.25, 0.3) is 0 Å². The first kappa shape index (κ1) is 10.0. The Morgan fingerprint density at radius 3 is 2.50 bits per heavy atom. The zero-order chi connectivity index (χ0) is 10.2. The van der Waals surface area contributed by atoms with Gasteiger partial charge in [0.2, 0.25) is 5.84 Å². The first-order chi connectivity index (χ1) is 6.59. The van der Waals surface area contributed by atoms with E-state index in [9.17, 15) is 0 Å². The summed E-state index contributed by atoms with van der Waals surface area (Å²) >= 11 is 0. The molecular weight excluding hydrogens is 172 g/mol. The Morgan fingerprint density at radius 1 is 1.07 bits per heavy atom. The molecule has 0 atom stereocenters. The molecule has 0 amide bonds. The number of amidine groups is 1. The molecule has 0 N–H and O–H groups in total. The van der Waals surface area contributed by atoms with Crippen LogP contribution in [-0.4, -0.2) is 40.5 Å². The predicted molar refractivity (Wildman–Crippen MR) is 59.9 cm³/mol. The molecule has 2 rings (SSSR count). The summed E-state index contributed by atoms with van der Waals surface area (Å²) in [6.45, 7) is 10.8. The lowest BCUT2D eigenvalue weighted by molar-refractivity contribution is -0.545. The highest BCUT2D eigenvalue weighted by Gasteiger charge is 2.36. The van der Waals surface area contributed by atoms with Gasteiger partial charge in [0.15, 0.2) is 0 Å². The maximum atomic E-state index is 2.62. The summed E-state index contributed by atoms with van der Waals surface area (Å²) in [7, 11) is 0. The number of hydrogen-bond donors (Lipinski definition) is 0. The van der Waals surface area contributed by atoms with Crippen molar-refractivity contribution in [1.29, 1.82) is 0 Å². The van der Waals surface area contributed by atoms with Crippen molar-refractivity contribution in [2.75, 3.05) is 19.6 Å². The van der Waals surface area contributed by atoms with E-state index in [-0.39, 0.29) is 0 Å². The predicted octanol–water partition coefficient (Wildman–Crippen LogP) is 2.09. The first-order valence-corrected chi connectivity index (χ1v) is 5.97. The van der Waals surface area contributed by atoms with Crippen molar-refractivity contribution in [3.63, 3.8) is 0 Å². The molecular formula is C12H23N2+. The lowest BCUT2D eigenvalue weighted by Crippen LogP contribution is -2.54. The van der Waals surface area contributed by atoms with Crippen molar-refractivity contribution in [2.45, 2.75) is 52.0 Å². The third-order valence-electron chi connectivity index (χ3n) is 3.37.